The number of hydrogen-bond donors (Lipinski definition) is 3. The van der Waals surface area contributed by atoms with Crippen LogP contribution in [0.25, 0.3) is 0 Å². The molecule has 5 atom stereocenters. The Bertz CT molecular complexity index is 726. The standard InChI is InChI=1S/C22H32O9/c1-6-14(2)17(31-20(27)18(25)21(3,4)28)19(26)30-15(22(5)13-29-22)11-9-7-8-10-12-16(23)24/h7-12,14-15,17-18,25,28H,6,13H2,1-5H3,(H,23,24)/b8-7+,11-9-,12-10+/t14-,15+,17+,18?,22-/m0/s1. The Balaban J connectivity index is 2.91. The molecule has 0 saturated carbocycles. The third kappa shape index (κ3) is 8.64. The molecule has 31 heavy (non-hydrogen) atoms. The third-order valence-electron chi connectivity index (χ3n) is 4.83. The number of carboxylic acids is 1. The van der Waals surface area contributed by atoms with Crippen molar-refractivity contribution >= 4 is 17.9 Å². The number of carbonyl (C=O) groups is 3. The van der Waals surface area contributed by atoms with E-state index < -0.39 is 53.3 Å². The van der Waals surface area contributed by atoms with Crippen molar-refractivity contribution in [1.82, 2.24) is 0 Å². The van der Waals surface area contributed by atoms with Gasteiger partial charge in [-0.15, -0.1) is 0 Å². The van der Waals surface area contributed by atoms with Crippen LogP contribution < -0.4 is 0 Å². The van der Waals surface area contributed by atoms with Gasteiger partial charge in [0.25, 0.3) is 0 Å². The average Bonchev–Trinajstić information content (AvgIpc) is 3.43. The number of allylic oxidation sites excluding steroid dienone is 4. The predicted octanol–water partition coefficient (Wildman–Crippen LogP) is 1.53. The summed E-state index contributed by atoms with van der Waals surface area (Å²) < 4.78 is 16.1. The van der Waals surface area contributed by atoms with Crippen LogP contribution >= 0.6 is 0 Å². The first-order chi connectivity index (χ1) is 14.3. The zero-order valence-corrected chi connectivity index (χ0v) is 18.5. The quantitative estimate of drug-likeness (QED) is 0.178. The lowest BCUT2D eigenvalue weighted by Gasteiger charge is -2.28. The molecule has 1 aliphatic heterocycles. The molecule has 1 heterocycles. The molecular formula is C22H32O9. The van der Waals surface area contributed by atoms with Crippen molar-refractivity contribution in [2.24, 2.45) is 5.92 Å². The first-order valence-electron chi connectivity index (χ1n) is 10.0. The molecule has 1 saturated heterocycles. The highest BCUT2D eigenvalue weighted by Gasteiger charge is 2.49. The minimum absolute atomic E-state index is 0.364. The minimum atomic E-state index is -1.82. The van der Waals surface area contributed by atoms with E-state index in [9.17, 15) is 24.6 Å². The molecule has 9 nitrogen and oxygen atoms in total. The van der Waals surface area contributed by atoms with E-state index in [1.165, 1.54) is 26.0 Å². The van der Waals surface area contributed by atoms with Crippen LogP contribution in [0.3, 0.4) is 0 Å². The van der Waals surface area contributed by atoms with Gasteiger partial charge in [-0.2, -0.15) is 0 Å². The van der Waals surface area contributed by atoms with E-state index in [2.05, 4.69) is 0 Å². The van der Waals surface area contributed by atoms with Crippen molar-refractivity contribution < 1.29 is 43.9 Å². The summed E-state index contributed by atoms with van der Waals surface area (Å²) in [4.78, 5) is 35.5. The molecule has 0 aromatic heterocycles. The third-order valence-corrected chi connectivity index (χ3v) is 4.83. The number of hydrogen-bond acceptors (Lipinski definition) is 8. The van der Waals surface area contributed by atoms with E-state index in [1.54, 1.807) is 32.1 Å². The van der Waals surface area contributed by atoms with E-state index in [0.717, 1.165) is 6.08 Å². The number of aliphatic hydroxyl groups excluding tert-OH is 1. The van der Waals surface area contributed by atoms with Crippen molar-refractivity contribution in [3.05, 3.63) is 36.5 Å². The summed E-state index contributed by atoms with van der Waals surface area (Å²) in [5.74, 6) is -3.39. The van der Waals surface area contributed by atoms with Gasteiger partial charge in [0, 0.05) is 12.0 Å². The molecule has 0 amide bonds. The van der Waals surface area contributed by atoms with Gasteiger partial charge in [0.1, 0.15) is 5.60 Å². The Morgan fingerprint density at radius 2 is 1.71 bits per heavy atom. The summed E-state index contributed by atoms with van der Waals surface area (Å²) >= 11 is 0. The van der Waals surface area contributed by atoms with Crippen LogP contribution in [0.2, 0.25) is 0 Å². The highest BCUT2D eigenvalue weighted by molar-refractivity contribution is 5.82. The Hall–Kier alpha value is -2.49. The summed E-state index contributed by atoms with van der Waals surface area (Å²) in [6, 6.07) is 0. The normalized spacial score (nSPS) is 22.9. The van der Waals surface area contributed by atoms with Crippen LogP contribution in [0.4, 0.5) is 0 Å². The molecule has 1 unspecified atom stereocenters. The number of aliphatic hydroxyl groups is 2. The highest BCUT2D eigenvalue weighted by Crippen LogP contribution is 2.33. The zero-order valence-electron chi connectivity index (χ0n) is 18.5. The highest BCUT2D eigenvalue weighted by atomic mass is 16.6. The van der Waals surface area contributed by atoms with Crippen LogP contribution in [0.15, 0.2) is 36.5 Å². The van der Waals surface area contributed by atoms with Crippen molar-refractivity contribution in [1.29, 1.82) is 0 Å². The SMILES string of the molecule is CC[C@H](C)[C@@H](OC(=O)C(O)C(C)(C)O)C(=O)O[C@H](\C=C/C=C/C=C/C(=O)O)[C@]1(C)CO1. The monoisotopic (exact) mass is 440 g/mol. The fraction of sp³-hybridized carbons (Fsp3) is 0.591. The molecule has 0 radical (unpaired) electrons. The Kier molecular flexibility index (Phi) is 9.61. The van der Waals surface area contributed by atoms with Crippen molar-refractivity contribution in [2.45, 2.75) is 70.6 Å². The number of esters is 2. The molecule has 3 N–H and O–H groups in total. The van der Waals surface area contributed by atoms with E-state index in [0.29, 0.717) is 13.0 Å². The molecule has 0 spiro atoms. The second kappa shape index (κ2) is 11.2. The molecule has 0 aromatic carbocycles. The lowest BCUT2D eigenvalue weighted by molar-refractivity contribution is -0.186. The molecule has 0 aromatic rings. The molecule has 0 aliphatic carbocycles. The van der Waals surface area contributed by atoms with Gasteiger partial charge in [0.15, 0.2) is 12.2 Å². The molecular weight excluding hydrogens is 408 g/mol. The lowest BCUT2D eigenvalue weighted by Crippen LogP contribution is -2.47. The van der Waals surface area contributed by atoms with Gasteiger partial charge in [-0.05, 0) is 33.3 Å². The van der Waals surface area contributed by atoms with Crippen LogP contribution in [0, 0.1) is 5.92 Å². The summed E-state index contributed by atoms with van der Waals surface area (Å²) in [5, 5.41) is 28.3. The smallest absolute Gasteiger partial charge is 0.348 e. The molecule has 1 aliphatic rings. The van der Waals surface area contributed by atoms with E-state index in [-0.39, 0.29) is 0 Å². The second-order valence-corrected chi connectivity index (χ2v) is 8.23. The number of carbonyl (C=O) groups excluding carboxylic acids is 2. The molecule has 1 fully saturated rings. The molecule has 174 valence electrons. The van der Waals surface area contributed by atoms with Crippen molar-refractivity contribution in [2.75, 3.05) is 6.61 Å². The van der Waals surface area contributed by atoms with E-state index in [4.69, 9.17) is 19.3 Å². The van der Waals surface area contributed by atoms with Crippen LogP contribution in [-0.4, -0.2) is 69.3 Å². The van der Waals surface area contributed by atoms with Crippen molar-refractivity contribution in [3.63, 3.8) is 0 Å². The Labute approximate surface area is 182 Å². The second-order valence-electron chi connectivity index (χ2n) is 8.23. The predicted molar refractivity (Wildman–Crippen MR) is 111 cm³/mol. The maximum Gasteiger partial charge on any atom is 0.348 e. The van der Waals surface area contributed by atoms with Gasteiger partial charge < -0.3 is 29.5 Å². The van der Waals surface area contributed by atoms with Gasteiger partial charge in [-0.25, -0.2) is 14.4 Å². The zero-order chi connectivity index (χ0) is 23.8. The Morgan fingerprint density at radius 3 is 2.19 bits per heavy atom. The average molecular weight is 440 g/mol. The van der Waals surface area contributed by atoms with Gasteiger partial charge in [-0.1, -0.05) is 38.2 Å². The number of epoxide rings is 1. The Morgan fingerprint density at radius 1 is 1.13 bits per heavy atom. The van der Waals surface area contributed by atoms with Gasteiger partial charge in [0.05, 0.1) is 12.2 Å². The summed E-state index contributed by atoms with van der Waals surface area (Å²) in [6.07, 6.45) is 5.17. The topological polar surface area (TPSA) is 143 Å². The number of aliphatic carboxylic acids is 1. The summed E-state index contributed by atoms with van der Waals surface area (Å²) in [6.45, 7) is 8.13. The van der Waals surface area contributed by atoms with Gasteiger partial charge in [-0.3, -0.25) is 0 Å². The number of ether oxygens (including phenoxy) is 3. The van der Waals surface area contributed by atoms with E-state index in [1.807, 2.05) is 6.92 Å². The summed E-state index contributed by atoms with van der Waals surface area (Å²) in [7, 11) is 0. The first-order valence-corrected chi connectivity index (χ1v) is 10.0. The van der Waals surface area contributed by atoms with Gasteiger partial charge >= 0.3 is 17.9 Å². The summed E-state index contributed by atoms with van der Waals surface area (Å²) in [5.41, 5.74) is -2.46. The lowest BCUT2D eigenvalue weighted by atomic mass is 9.99. The number of rotatable bonds is 12. The maximum atomic E-state index is 12.8. The molecule has 0 bridgehead atoms. The van der Waals surface area contributed by atoms with Crippen LogP contribution in [-0.2, 0) is 28.6 Å². The van der Waals surface area contributed by atoms with E-state index >= 15 is 0 Å². The fourth-order valence-electron chi connectivity index (χ4n) is 2.36. The fourth-order valence-corrected chi connectivity index (χ4v) is 2.36. The largest absolute Gasteiger partial charge is 0.478 e. The maximum absolute atomic E-state index is 12.8. The van der Waals surface area contributed by atoms with Crippen molar-refractivity contribution in [3.8, 4) is 0 Å². The minimum Gasteiger partial charge on any atom is -0.478 e. The molecule has 9 heteroatoms. The van der Waals surface area contributed by atoms with Crippen LogP contribution in [0.1, 0.15) is 41.0 Å². The van der Waals surface area contributed by atoms with Crippen LogP contribution in [0.5, 0.6) is 0 Å². The first kappa shape index (κ1) is 26.5. The number of carboxylic acid groups (broad SMARTS) is 1. The van der Waals surface area contributed by atoms with Gasteiger partial charge in [0.2, 0.25) is 6.10 Å². The molecule has 1 rings (SSSR count).